The number of pyridine rings is 1. The van der Waals surface area contributed by atoms with Crippen molar-refractivity contribution in [1.29, 1.82) is 0 Å². The number of para-hydroxylation sites is 4. The van der Waals surface area contributed by atoms with Gasteiger partial charge in [0, 0.05) is 11.1 Å². The maximum atomic E-state index is 6.81. The van der Waals surface area contributed by atoms with E-state index in [4.69, 9.17) is 9.72 Å². The summed E-state index contributed by atoms with van der Waals surface area (Å²) in [6.45, 7) is 14.2. The van der Waals surface area contributed by atoms with E-state index >= 15 is 0 Å². The number of hydrogen-bond donors (Lipinski definition) is 0. The van der Waals surface area contributed by atoms with E-state index in [2.05, 4.69) is 232 Å². The van der Waals surface area contributed by atoms with Crippen LogP contribution in [0, 0.1) is 0 Å². The molecule has 0 spiro atoms. The number of aromatic nitrogens is 1. The Bertz CT molecular complexity index is 2930. The minimum atomic E-state index is -0.612. The van der Waals surface area contributed by atoms with Gasteiger partial charge in [-0.1, -0.05) is 99.6 Å². The van der Waals surface area contributed by atoms with E-state index in [0.717, 1.165) is 40.1 Å². The molecule has 10 rings (SSSR count). The maximum absolute atomic E-state index is 6.81. The molecular formula is C56H50N4OTe. The first-order valence-electron chi connectivity index (χ1n) is 21.4. The molecule has 8 aromatic rings. The van der Waals surface area contributed by atoms with E-state index in [0.29, 0.717) is 6.67 Å². The van der Waals surface area contributed by atoms with Crippen molar-refractivity contribution in [3.05, 3.63) is 193 Å². The topological polar surface area (TPSA) is 31.8 Å². The summed E-state index contributed by atoms with van der Waals surface area (Å²) in [4.78, 5) is 12.2. The first-order valence-corrected chi connectivity index (χ1v) is 23.7. The Labute approximate surface area is 376 Å². The van der Waals surface area contributed by atoms with E-state index in [1.165, 1.54) is 52.0 Å². The van der Waals surface area contributed by atoms with Crippen LogP contribution in [0.3, 0.4) is 0 Å². The zero-order chi connectivity index (χ0) is 42.6. The summed E-state index contributed by atoms with van der Waals surface area (Å²) < 4.78 is 9.59. The summed E-state index contributed by atoms with van der Waals surface area (Å²) >= 11 is -0.612. The first-order chi connectivity index (χ1) is 30.0. The Hall–Kier alpha value is -6.32. The standard InChI is InChI=1S/C56H50N4OTe/c1-55(2,3)40-28-26-39(27-29-40)46-21-15-20-45(38-16-8-7-9-17-38)54(46)59-37-58(47-22-10-11-23-48(47)59)42-18-14-19-43(35-42)61-44-30-31-52-50(36-44)60(49-24-12-13-25-51(49)62-52)53-34-41(32-33-57-53)56(4,5)6/h7-36H,37H2,1-6H3. The molecule has 62 heavy (non-hydrogen) atoms. The third-order valence-corrected chi connectivity index (χ3v) is 15.1. The molecule has 6 heteroatoms. The zero-order valence-corrected chi connectivity index (χ0v) is 38.5. The minimum absolute atomic E-state index is 0.00118. The number of anilines is 7. The molecule has 0 bridgehead atoms. The molecule has 0 N–H and O–H groups in total. The van der Waals surface area contributed by atoms with Gasteiger partial charge in [0.1, 0.15) is 0 Å². The molecule has 0 aliphatic carbocycles. The van der Waals surface area contributed by atoms with Crippen LogP contribution in [-0.2, 0) is 10.8 Å². The monoisotopic (exact) mass is 924 g/mol. The van der Waals surface area contributed by atoms with Crippen molar-refractivity contribution in [3.63, 3.8) is 0 Å². The number of hydrogen-bond acceptors (Lipinski definition) is 5. The van der Waals surface area contributed by atoms with Crippen molar-refractivity contribution in [1.82, 2.24) is 4.98 Å². The molecule has 0 radical (unpaired) electrons. The molecule has 7 aromatic carbocycles. The quantitative estimate of drug-likeness (QED) is 0.149. The number of fused-ring (bicyclic) bond motifs is 3. The average molecular weight is 923 g/mol. The predicted molar refractivity (Wildman–Crippen MR) is 261 cm³/mol. The molecule has 2 aliphatic heterocycles. The Balaban J connectivity index is 1.01. The smallest absolute Gasteiger partial charge is 0.0540 e. The van der Waals surface area contributed by atoms with Crippen LogP contribution in [0.4, 0.5) is 39.9 Å². The van der Waals surface area contributed by atoms with Gasteiger partial charge in [0.15, 0.2) is 0 Å². The van der Waals surface area contributed by atoms with E-state index in [9.17, 15) is 0 Å². The van der Waals surface area contributed by atoms with Gasteiger partial charge in [0.2, 0.25) is 0 Å². The van der Waals surface area contributed by atoms with E-state index in [1.54, 1.807) is 0 Å². The molecule has 0 fully saturated rings. The Morgan fingerprint density at radius 2 is 1.10 bits per heavy atom. The van der Waals surface area contributed by atoms with E-state index in [-0.39, 0.29) is 10.8 Å². The van der Waals surface area contributed by atoms with Gasteiger partial charge in [-0.3, -0.25) is 0 Å². The SMILES string of the molecule is CC(C)(C)c1ccc(-c2cccc(-c3ccccc3)c2N2CN(c3cccc(Oc4ccc5c(c4)N(c4cc(C(C)(C)C)ccn4)c4ccccc4[Te]5)c3)c3ccccc32)cc1. The van der Waals surface area contributed by atoms with Crippen LogP contribution in [0.15, 0.2) is 182 Å². The number of benzene rings is 7. The van der Waals surface area contributed by atoms with Crippen molar-refractivity contribution in [2.45, 2.75) is 52.4 Å². The van der Waals surface area contributed by atoms with Crippen molar-refractivity contribution >= 4 is 68.1 Å². The summed E-state index contributed by atoms with van der Waals surface area (Å²) in [6.07, 6.45) is 1.94. The third kappa shape index (κ3) is 7.53. The largest absolute Gasteiger partial charge is 0.0579 e. The van der Waals surface area contributed by atoms with Crippen LogP contribution in [-0.4, -0.2) is 32.6 Å². The van der Waals surface area contributed by atoms with E-state index in [1.807, 2.05) is 6.20 Å². The normalized spacial score (nSPS) is 13.4. The van der Waals surface area contributed by atoms with Gasteiger partial charge >= 0.3 is 246 Å². The van der Waals surface area contributed by atoms with Crippen LogP contribution in [0.25, 0.3) is 22.3 Å². The molecular weight excluding hydrogens is 872 g/mol. The van der Waals surface area contributed by atoms with Gasteiger partial charge in [-0.05, 0) is 22.1 Å². The summed E-state index contributed by atoms with van der Waals surface area (Å²) in [6, 6.07) is 63.7. The molecule has 3 heterocycles. The molecule has 5 nitrogen and oxygen atoms in total. The third-order valence-electron chi connectivity index (χ3n) is 11.9. The van der Waals surface area contributed by atoms with Gasteiger partial charge in [0.25, 0.3) is 0 Å². The maximum Gasteiger partial charge on any atom is -0.0540 e. The summed E-state index contributed by atoms with van der Waals surface area (Å²) in [7, 11) is 0. The molecule has 0 atom stereocenters. The second-order valence-corrected chi connectivity index (χ2v) is 21.3. The molecule has 0 amide bonds. The number of rotatable bonds is 7. The Morgan fingerprint density at radius 1 is 0.484 bits per heavy atom. The van der Waals surface area contributed by atoms with Gasteiger partial charge in [-0.15, -0.1) is 0 Å². The van der Waals surface area contributed by atoms with Gasteiger partial charge in [-0.2, -0.15) is 0 Å². The predicted octanol–water partition coefficient (Wildman–Crippen LogP) is 13.5. The second-order valence-electron chi connectivity index (χ2n) is 18.2. The molecule has 2 aliphatic rings. The minimum Gasteiger partial charge on any atom is -0.0579 e. The van der Waals surface area contributed by atoms with Crippen molar-refractivity contribution in [2.24, 2.45) is 0 Å². The zero-order valence-electron chi connectivity index (χ0n) is 36.1. The molecule has 0 saturated carbocycles. The fourth-order valence-corrected chi connectivity index (χ4v) is 11.6. The van der Waals surface area contributed by atoms with Crippen LogP contribution < -0.4 is 26.7 Å². The van der Waals surface area contributed by atoms with Crippen molar-refractivity contribution in [2.75, 3.05) is 21.4 Å². The second kappa shape index (κ2) is 15.9. The molecule has 0 unspecified atom stereocenters. The number of nitrogens with zero attached hydrogens (tertiary/aromatic N) is 4. The molecule has 306 valence electrons. The summed E-state index contributed by atoms with van der Waals surface area (Å²) in [5, 5.41) is 0. The van der Waals surface area contributed by atoms with Gasteiger partial charge < -0.3 is 0 Å². The van der Waals surface area contributed by atoms with Crippen LogP contribution >= 0.6 is 0 Å². The van der Waals surface area contributed by atoms with E-state index < -0.39 is 20.9 Å². The average Bonchev–Trinajstić information content (AvgIpc) is 3.67. The van der Waals surface area contributed by atoms with Crippen molar-refractivity contribution in [3.8, 4) is 33.8 Å². The Morgan fingerprint density at radius 3 is 1.82 bits per heavy atom. The van der Waals surface area contributed by atoms with Crippen LogP contribution in [0.1, 0.15) is 52.7 Å². The van der Waals surface area contributed by atoms with Gasteiger partial charge in [0.05, 0.1) is 0 Å². The van der Waals surface area contributed by atoms with Crippen LogP contribution in [0.5, 0.6) is 11.5 Å². The van der Waals surface area contributed by atoms with Gasteiger partial charge in [-0.25, -0.2) is 0 Å². The number of ether oxygens (including phenoxy) is 1. The summed E-state index contributed by atoms with van der Waals surface area (Å²) in [5.74, 6) is 2.51. The Kier molecular flexibility index (Phi) is 10.2. The molecule has 1 aromatic heterocycles. The first kappa shape index (κ1) is 39.8. The van der Waals surface area contributed by atoms with Crippen molar-refractivity contribution < 1.29 is 4.74 Å². The van der Waals surface area contributed by atoms with Crippen LogP contribution in [0.2, 0.25) is 0 Å². The fraction of sp³-hybridized carbons (Fsp3) is 0.161. The summed E-state index contributed by atoms with van der Waals surface area (Å²) in [5.41, 5.74) is 14.4. The fourth-order valence-electron chi connectivity index (χ4n) is 8.60. The molecule has 0 saturated heterocycles.